The van der Waals surface area contributed by atoms with Crippen molar-refractivity contribution in [1.29, 1.82) is 0 Å². The lowest BCUT2D eigenvalue weighted by Gasteiger charge is -2.51. The van der Waals surface area contributed by atoms with Gasteiger partial charge in [-0.3, -0.25) is 9.78 Å². The molecule has 4 aliphatic rings. The van der Waals surface area contributed by atoms with E-state index in [-0.39, 0.29) is 17.9 Å². The number of carbonyl (C=O) groups is 1. The Morgan fingerprint density at radius 1 is 1.00 bits per heavy atom. The number of aromatic nitrogens is 3. The quantitative estimate of drug-likeness (QED) is 0.782. The molecule has 1 amide bonds. The first-order valence-corrected chi connectivity index (χ1v) is 12.1. The molecule has 2 aromatic heterocycles. The molecule has 31 heavy (non-hydrogen) atoms. The molecule has 0 radical (unpaired) electrons. The van der Waals surface area contributed by atoms with Crippen molar-refractivity contribution in [3.8, 4) is 0 Å². The summed E-state index contributed by atoms with van der Waals surface area (Å²) in [6.45, 7) is 2.08. The van der Waals surface area contributed by atoms with Gasteiger partial charge in [0.05, 0.1) is 6.04 Å². The molecule has 5 nitrogen and oxygen atoms in total. The highest BCUT2D eigenvalue weighted by Crippen LogP contribution is 2.58. The van der Waals surface area contributed by atoms with E-state index in [4.69, 9.17) is 0 Å². The molecule has 2 unspecified atom stereocenters. The lowest BCUT2D eigenvalue weighted by Crippen LogP contribution is -2.45. The lowest BCUT2D eigenvalue weighted by molar-refractivity contribution is -0.128. The average molecular weight is 417 g/mol. The molecule has 3 heterocycles. The minimum atomic E-state index is 0.0399. The third-order valence-electron chi connectivity index (χ3n) is 8.97. The van der Waals surface area contributed by atoms with Gasteiger partial charge in [-0.1, -0.05) is 6.08 Å². The number of nitrogens with zero attached hydrogens (tertiary/aromatic N) is 3. The minimum absolute atomic E-state index is 0.0399. The molecule has 5 heteroatoms. The topological polar surface area (TPSA) is 59.8 Å². The van der Waals surface area contributed by atoms with Crippen LogP contribution in [0.15, 0.2) is 43.0 Å². The predicted molar refractivity (Wildman–Crippen MR) is 120 cm³/mol. The van der Waals surface area contributed by atoms with Crippen molar-refractivity contribution < 1.29 is 4.79 Å². The van der Waals surface area contributed by atoms with E-state index in [0.717, 1.165) is 35.6 Å². The molecule has 0 bridgehead atoms. The SMILES string of the molecule is CC(NC(=O)[C@@H]1CC[C@H]2[C@@H]3CCC4[C@H](C=Cc5nccn54)[C@H]3CC[C@@H]21)c1ccncc1. The molecule has 1 N–H and O–H groups in total. The van der Waals surface area contributed by atoms with Crippen molar-refractivity contribution in [2.75, 3.05) is 0 Å². The summed E-state index contributed by atoms with van der Waals surface area (Å²) in [6, 6.07) is 4.62. The molecular weight excluding hydrogens is 384 g/mol. The summed E-state index contributed by atoms with van der Waals surface area (Å²) in [5.74, 6) is 5.06. The zero-order valence-corrected chi connectivity index (χ0v) is 18.2. The van der Waals surface area contributed by atoms with Gasteiger partial charge in [-0.2, -0.15) is 0 Å². The van der Waals surface area contributed by atoms with Gasteiger partial charge in [-0.15, -0.1) is 0 Å². The maximum atomic E-state index is 13.2. The Balaban J connectivity index is 1.15. The highest BCUT2D eigenvalue weighted by atomic mass is 16.2. The smallest absolute Gasteiger partial charge is 0.223 e. The standard InChI is InChI=1S/C26H32N4O/c1-16(17-10-12-27-13-11-17)29-26(31)23-5-4-18-19-6-8-24-22(20(19)2-3-21(18)23)7-9-25-28-14-15-30(24)25/h7,9-16,18-24H,2-6,8H2,1H3,(H,29,31)/t16?,18-,19-,20-,21-,22+,23+,24?/m0/s1. The number of hydrogen-bond acceptors (Lipinski definition) is 3. The van der Waals surface area contributed by atoms with Gasteiger partial charge in [0, 0.05) is 42.7 Å². The summed E-state index contributed by atoms with van der Waals surface area (Å²) in [4.78, 5) is 21.8. The Labute approximate surface area is 184 Å². The second-order valence-corrected chi connectivity index (χ2v) is 10.2. The molecule has 3 fully saturated rings. The monoisotopic (exact) mass is 416 g/mol. The van der Waals surface area contributed by atoms with Crippen LogP contribution in [-0.2, 0) is 4.79 Å². The number of hydrogen-bond donors (Lipinski definition) is 1. The molecule has 2 aromatic rings. The molecule has 0 spiro atoms. The van der Waals surface area contributed by atoms with Gasteiger partial charge in [0.1, 0.15) is 5.82 Å². The summed E-state index contributed by atoms with van der Waals surface area (Å²) in [6.07, 6.45) is 19.7. The van der Waals surface area contributed by atoms with Gasteiger partial charge in [-0.25, -0.2) is 4.98 Å². The van der Waals surface area contributed by atoms with Crippen LogP contribution in [0.25, 0.3) is 6.08 Å². The summed E-state index contributed by atoms with van der Waals surface area (Å²) >= 11 is 0. The van der Waals surface area contributed by atoms with E-state index in [2.05, 4.69) is 45.1 Å². The van der Waals surface area contributed by atoms with Crippen LogP contribution in [-0.4, -0.2) is 20.4 Å². The van der Waals surface area contributed by atoms with Crippen LogP contribution in [0.5, 0.6) is 0 Å². The zero-order valence-electron chi connectivity index (χ0n) is 18.2. The number of allylic oxidation sites excluding steroid dienone is 1. The van der Waals surface area contributed by atoms with Crippen molar-refractivity contribution >= 4 is 12.0 Å². The summed E-state index contributed by atoms with van der Waals surface area (Å²) in [5.41, 5.74) is 1.13. The Hall–Kier alpha value is -2.43. The van der Waals surface area contributed by atoms with Crippen LogP contribution in [0, 0.1) is 35.5 Å². The van der Waals surface area contributed by atoms with Crippen molar-refractivity contribution in [1.82, 2.24) is 19.9 Å². The Morgan fingerprint density at radius 3 is 2.61 bits per heavy atom. The summed E-state index contributed by atoms with van der Waals surface area (Å²) in [7, 11) is 0. The van der Waals surface area contributed by atoms with Gasteiger partial charge in [-0.05, 0) is 92.9 Å². The average Bonchev–Trinajstić information content (AvgIpc) is 3.46. The van der Waals surface area contributed by atoms with Gasteiger partial charge >= 0.3 is 0 Å². The number of amides is 1. The fraction of sp³-hybridized carbons (Fsp3) is 0.577. The van der Waals surface area contributed by atoms with E-state index in [9.17, 15) is 4.79 Å². The van der Waals surface area contributed by atoms with Crippen molar-refractivity contribution in [3.63, 3.8) is 0 Å². The molecule has 162 valence electrons. The first-order chi connectivity index (χ1) is 15.2. The number of carbonyl (C=O) groups excluding carboxylic acids is 1. The van der Waals surface area contributed by atoms with E-state index >= 15 is 0 Å². The number of rotatable bonds is 3. The highest BCUT2D eigenvalue weighted by Gasteiger charge is 2.52. The maximum absolute atomic E-state index is 13.2. The molecule has 0 aromatic carbocycles. The fourth-order valence-electron chi connectivity index (χ4n) is 7.62. The predicted octanol–water partition coefficient (Wildman–Crippen LogP) is 4.80. The van der Waals surface area contributed by atoms with E-state index in [1.54, 1.807) is 12.4 Å². The number of imidazole rings is 1. The first-order valence-electron chi connectivity index (χ1n) is 12.1. The number of fused-ring (bicyclic) bond motifs is 7. The Morgan fingerprint density at radius 2 is 1.74 bits per heavy atom. The van der Waals surface area contributed by atoms with Gasteiger partial charge < -0.3 is 9.88 Å². The molecule has 1 aliphatic heterocycles. The third-order valence-corrected chi connectivity index (χ3v) is 8.97. The van der Waals surface area contributed by atoms with Crippen molar-refractivity contribution in [2.24, 2.45) is 35.5 Å². The molecular formula is C26H32N4O. The summed E-state index contributed by atoms with van der Waals surface area (Å²) < 4.78 is 2.42. The van der Waals surface area contributed by atoms with Crippen LogP contribution in [0.2, 0.25) is 0 Å². The minimum Gasteiger partial charge on any atom is -0.349 e. The van der Waals surface area contributed by atoms with Gasteiger partial charge in [0.15, 0.2) is 0 Å². The largest absolute Gasteiger partial charge is 0.349 e. The van der Waals surface area contributed by atoms with Gasteiger partial charge in [0.25, 0.3) is 0 Å². The highest BCUT2D eigenvalue weighted by molar-refractivity contribution is 5.79. The van der Waals surface area contributed by atoms with Crippen LogP contribution in [0.3, 0.4) is 0 Å². The zero-order chi connectivity index (χ0) is 20.9. The number of pyridine rings is 1. The van der Waals surface area contributed by atoms with Crippen LogP contribution in [0.4, 0.5) is 0 Å². The fourth-order valence-corrected chi connectivity index (χ4v) is 7.62. The molecule has 6 rings (SSSR count). The summed E-state index contributed by atoms with van der Waals surface area (Å²) in [5, 5.41) is 3.31. The maximum Gasteiger partial charge on any atom is 0.223 e. The molecule has 3 aliphatic carbocycles. The van der Waals surface area contributed by atoms with E-state index in [1.165, 1.54) is 32.1 Å². The number of nitrogens with one attached hydrogen (secondary N) is 1. The second kappa shape index (κ2) is 7.61. The van der Waals surface area contributed by atoms with Crippen molar-refractivity contribution in [3.05, 3.63) is 54.4 Å². The Kier molecular flexibility index (Phi) is 4.73. The second-order valence-electron chi connectivity index (χ2n) is 10.2. The first kappa shape index (κ1) is 19.3. The molecule has 8 atom stereocenters. The van der Waals surface area contributed by atoms with Crippen LogP contribution < -0.4 is 5.32 Å². The van der Waals surface area contributed by atoms with Crippen LogP contribution in [0.1, 0.15) is 68.9 Å². The van der Waals surface area contributed by atoms with E-state index in [1.807, 2.05) is 18.3 Å². The normalized spacial score (nSPS) is 36.6. The van der Waals surface area contributed by atoms with Crippen molar-refractivity contribution in [2.45, 2.75) is 57.5 Å². The molecule has 3 saturated carbocycles. The third kappa shape index (κ3) is 3.16. The Bertz CT molecular complexity index is 982. The lowest BCUT2D eigenvalue weighted by atomic mass is 9.56. The van der Waals surface area contributed by atoms with E-state index < -0.39 is 0 Å². The molecule has 0 saturated heterocycles. The van der Waals surface area contributed by atoms with Gasteiger partial charge in [0.2, 0.25) is 5.91 Å². The van der Waals surface area contributed by atoms with Crippen LogP contribution >= 0.6 is 0 Å². The van der Waals surface area contributed by atoms with E-state index in [0.29, 0.717) is 17.9 Å².